The van der Waals surface area contributed by atoms with Crippen LogP contribution in [0.25, 0.3) is 17.0 Å². The van der Waals surface area contributed by atoms with Crippen LogP contribution in [0, 0.1) is 5.82 Å². The van der Waals surface area contributed by atoms with E-state index in [2.05, 4.69) is 11.1 Å². The summed E-state index contributed by atoms with van der Waals surface area (Å²) in [6.45, 7) is 0. The van der Waals surface area contributed by atoms with Gasteiger partial charge in [0.2, 0.25) is 0 Å². The van der Waals surface area contributed by atoms with Crippen LogP contribution in [0.2, 0.25) is 0 Å². The zero-order valence-corrected chi connectivity index (χ0v) is 11.7. The number of halogens is 1. The molecule has 2 N–H and O–H groups in total. The summed E-state index contributed by atoms with van der Waals surface area (Å²) < 4.78 is 13.4. The Balaban J connectivity index is 1.95. The van der Waals surface area contributed by atoms with E-state index in [1.807, 2.05) is 24.4 Å². The molecule has 22 heavy (non-hydrogen) atoms. The first kappa shape index (κ1) is 14.1. The standard InChI is InChI=1S/C18H14FNO2/c19-16-4-2-13(14(11-16)3-6-18(21)22)9-12-1-5-17-15(10-12)7-8-20-17/h1-8,10-11,20H,9H2,(H,21,22)/b6-3+. The van der Waals surface area contributed by atoms with Gasteiger partial charge in [0.25, 0.3) is 0 Å². The Morgan fingerprint density at radius 3 is 2.86 bits per heavy atom. The van der Waals surface area contributed by atoms with Crippen LogP contribution in [-0.2, 0) is 11.2 Å². The van der Waals surface area contributed by atoms with Crippen LogP contribution >= 0.6 is 0 Å². The topological polar surface area (TPSA) is 53.1 Å². The Bertz CT molecular complexity index is 864. The maximum absolute atomic E-state index is 13.4. The fourth-order valence-corrected chi connectivity index (χ4v) is 2.48. The molecule has 0 aliphatic carbocycles. The normalized spacial score (nSPS) is 11.3. The molecular formula is C18H14FNO2. The number of aromatic nitrogens is 1. The molecule has 0 atom stereocenters. The highest BCUT2D eigenvalue weighted by atomic mass is 19.1. The molecule has 0 saturated heterocycles. The summed E-state index contributed by atoms with van der Waals surface area (Å²) in [6, 6.07) is 12.5. The molecule has 2 aromatic carbocycles. The lowest BCUT2D eigenvalue weighted by atomic mass is 9.98. The molecule has 3 nitrogen and oxygen atoms in total. The second-order valence-corrected chi connectivity index (χ2v) is 5.09. The van der Waals surface area contributed by atoms with Gasteiger partial charge in [-0.1, -0.05) is 12.1 Å². The van der Waals surface area contributed by atoms with Gasteiger partial charge in [-0.3, -0.25) is 0 Å². The second kappa shape index (κ2) is 5.85. The lowest BCUT2D eigenvalue weighted by Gasteiger charge is -2.07. The molecule has 4 heteroatoms. The van der Waals surface area contributed by atoms with Gasteiger partial charge in [-0.25, -0.2) is 9.18 Å². The van der Waals surface area contributed by atoms with Crippen LogP contribution in [0.5, 0.6) is 0 Å². The van der Waals surface area contributed by atoms with Crippen molar-refractivity contribution >= 4 is 22.9 Å². The van der Waals surface area contributed by atoms with Crippen molar-refractivity contribution < 1.29 is 14.3 Å². The first-order valence-corrected chi connectivity index (χ1v) is 6.87. The van der Waals surface area contributed by atoms with Gasteiger partial charge < -0.3 is 10.1 Å². The SMILES string of the molecule is O=C(O)/C=C/c1cc(F)ccc1Cc1ccc2[nH]ccc2c1. The number of aliphatic carboxylic acids is 1. The molecule has 0 aliphatic rings. The molecule has 1 heterocycles. The third-order valence-electron chi connectivity index (χ3n) is 3.53. The summed E-state index contributed by atoms with van der Waals surface area (Å²) in [5.41, 5.74) is 3.61. The predicted molar refractivity (Wildman–Crippen MR) is 84.2 cm³/mol. The molecule has 0 unspecified atom stereocenters. The number of carboxylic acid groups (broad SMARTS) is 1. The smallest absolute Gasteiger partial charge is 0.328 e. The number of carboxylic acids is 1. The van der Waals surface area contributed by atoms with E-state index < -0.39 is 5.97 Å². The Kier molecular flexibility index (Phi) is 3.74. The number of nitrogens with one attached hydrogen (secondary N) is 1. The average molecular weight is 295 g/mol. The van der Waals surface area contributed by atoms with Gasteiger partial charge in [0.1, 0.15) is 5.82 Å². The zero-order chi connectivity index (χ0) is 15.5. The van der Waals surface area contributed by atoms with Crippen molar-refractivity contribution in [3.05, 3.63) is 77.2 Å². The monoisotopic (exact) mass is 295 g/mol. The summed E-state index contributed by atoms with van der Waals surface area (Å²) in [6.07, 6.45) is 4.94. The molecule has 1 aromatic heterocycles. The fourth-order valence-electron chi connectivity index (χ4n) is 2.48. The number of aromatic amines is 1. The number of rotatable bonds is 4. The number of carbonyl (C=O) groups is 1. The van der Waals surface area contributed by atoms with Gasteiger partial charge in [0.15, 0.2) is 0 Å². The van der Waals surface area contributed by atoms with Crippen molar-refractivity contribution in [2.75, 3.05) is 0 Å². The van der Waals surface area contributed by atoms with Crippen LogP contribution in [0.1, 0.15) is 16.7 Å². The van der Waals surface area contributed by atoms with Crippen molar-refractivity contribution in [1.82, 2.24) is 4.98 Å². The first-order valence-electron chi connectivity index (χ1n) is 6.87. The number of benzene rings is 2. The number of H-pyrrole nitrogens is 1. The Morgan fingerprint density at radius 2 is 2.05 bits per heavy atom. The van der Waals surface area contributed by atoms with Gasteiger partial charge in [-0.15, -0.1) is 0 Å². The van der Waals surface area contributed by atoms with Crippen LogP contribution < -0.4 is 0 Å². The van der Waals surface area contributed by atoms with Crippen LogP contribution in [0.3, 0.4) is 0 Å². The van der Waals surface area contributed by atoms with Gasteiger partial charge in [-0.05, 0) is 64.9 Å². The van der Waals surface area contributed by atoms with Gasteiger partial charge in [0.05, 0.1) is 0 Å². The van der Waals surface area contributed by atoms with Crippen LogP contribution in [-0.4, -0.2) is 16.1 Å². The molecule has 0 bridgehead atoms. The van der Waals surface area contributed by atoms with E-state index in [0.29, 0.717) is 12.0 Å². The summed E-state index contributed by atoms with van der Waals surface area (Å²) in [5, 5.41) is 9.85. The van der Waals surface area contributed by atoms with Crippen molar-refractivity contribution in [3.63, 3.8) is 0 Å². The van der Waals surface area contributed by atoms with Crippen LogP contribution in [0.4, 0.5) is 4.39 Å². The highest BCUT2D eigenvalue weighted by Gasteiger charge is 2.05. The predicted octanol–water partition coefficient (Wildman–Crippen LogP) is 4.00. The largest absolute Gasteiger partial charge is 0.478 e. The van der Waals surface area contributed by atoms with E-state index in [4.69, 9.17) is 5.11 Å². The third kappa shape index (κ3) is 3.06. The number of hydrogen-bond donors (Lipinski definition) is 2. The van der Waals surface area contributed by atoms with E-state index in [0.717, 1.165) is 28.1 Å². The molecule has 0 aliphatic heterocycles. The van der Waals surface area contributed by atoms with Crippen molar-refractivity contribution in [2.24, 2.45) is 0 Å². The molecule has 0 amide bonds. The van der Waals surface area contributed by atoms with Gasteiger partial charge >= 0.3 is 5.97 Å². The highest BCUT2D eigenvalue weighted by molar-refractivity contribution is 5.85. The molecule has 0 fully saturated rings. The lowest BCUT2D eigenvalue weighted by molar-refractivity contribution is -0.131. The zero-order valence-electron chi connectivity index (χ0n) is 11.7. The summed E-state index contributed by atoms with van der Waals surface area (Å²) >= 11 is 0. The van der Waals surface area contributed by atoms with E-state index in [-0.39, 0.29) is 5.82 Å². The molecule has 0 saturated carbocycles. The van der Waals surface area contributed by atoms with Gasteiger partial charge in [0, 0.05) is 17.8 Å². The second-order valence-electron chi connectivity index (χ2n) is 5.09. The van der Waals surface area contributed by atoms with E-state index in [9.17, 15) is 9.18 Å². The maximum atomic E-state index is 13.4. The number of hydrogen-bond acceptors (Lipinski definition) is 1. The molecule has 3 rings (SSSR count). The molecule has 3 aromatic rings. The third-order valence-corrected chi connectivity index (χ3v) is 3.53. The number of fused-ring (bicyclic) bond motifs is 1. The van der Waals surface area contributed by atoms with Gasteiger partial charge in [-0.2, -0.15) is 0 Å². The minimum atomic E-state index is -1.05. The maximum Gasteiger partial charge on any atom is 0.328 e. The molecule has 0 radical (unpaired) electrons. The molecule has 0 spiro atoms. The van der Waals surface area contributed by atoms with E-state index in [1.165, 1.54) is 18.2 Å². The Hall–Kier alpha value is -2.88. The van der Waals surface area contributed by atoms with Crippen molar-refractivity contribution in [3.8, 4) is 0 Å². The summed E-state index contributed by atoms with van der Waals surface area (Å²) in [7, 11) is 0. The van der Waals surface area contributed by atoms with Crippen molar-refractivity contribution in [1.29, 1.82) is 0 Å². The minimum Gasteiger partial charge on any atom is -0.478 e. The minimum absolute atomic E-state index is 0.380. The molecular weight excluding hydrogens is 281 g/mol. The molecule has 110 valence electrons. The van der Waals surface area contributed by atoms with E-state index in [1.54, 1.807) is 6.07 Å². The van der Waals surface area contributed by atoms with Crippen LogP contribution in [0.15, 0.2) is 54.7 Å². The van der Waals surface area contributed by atoms with Crippen molar-refractivity contribution in [2.45, 2.75) is 6.42 Å². The average Bonchev–Trinajstić information content (AvgIpc) is 2.95. The lowest BCUT2D eigenvalue weighted by Crippen LogP contribution is -1.94. The first-order chi connectivity index (χ1) is 10.6. The summed E-state index contributed by atoms with van der Waals surface area (Å²) in [4.78, 5) is 13.8. The Labute approximate surface area is 126 Å². The highest BCUT2D eigenvalue weighted by Crippen LogP contribution is 2.20. The fraction of sp³-hybridized carbons (Fsp3) is 0.0556. The summed E-state index contributed by atoms with van der Waals surface area (Å²) in [5.74, 6) is -1.43. The van der Waals surface area contributed by atoms with E-state index >= 15 is 0 Å². The quantitative estimate of drug-likeness (QED) is 0.715. The Morgan fingerprint density at radius 1 is 1.18 bits per heavy atom.